The van der Waals surface area contributed by atoms with Crippen LogP contribution in [0.2, 0.25) is 0 Å². The zero-order valence-electron chi connectivity index (χ0n) is 20.2. The van der Waals surface area contributed by atoms with E-state index in [1.807, 2.05) is 13.8 Å². The third-order valence-electron chi connectivity index (χ3n) is 5.57. The number of aromatic nitrogens is 3. The number of aryl methyl sites for hydroxylation is 1. The van der Waals surface area contributed by atoms with Crippen LogP contribution >= 0.6 is 11.3 Å². The number of anilines is 2. The van der Waals surface area contributed by atoms with Crippen LogP contribution in [0.4, 0.5) is 24.3 Å². The van der Waals surface area contributed by atoms with Crippen LogP contribution in [0.1, 0.15) is 37.0 Å². The summed E-state index contributed by atoms with van der Waals surface area (Å²) in [7, 11) is 1.78. The number of imidazole rings is 1. The molecular formula is C24H24F3N5O4S. The first kappa shape index (κ1) is 26.2. The number of amides is 1. The molecule has 196 valence electrons. The van der Waals surface area contributed by atoms with Crippen molar-refractivity contribution in [2.75, 3.05) is 11.9 Å². The van der Waals surface area contributed by atoms with Gasteiger partial charge in [-0.3, -0.25) is 4.79 Å². The summed E-state index contributed by atoms with van der Waals surface area (Å²) in [6, 6.07) is 8.90. The van der Waals surface area contributed by atoms with Gasteiger partial charge in [0.25, 0.3) is 0 Å². The molecule has 2 heterocycles. The molecule has 0 bridgehead atoms. The Labute approximate surface area is 213 Å². The van der Waals surface area contributed by atoms with E-state index in [0.29, 0.717) is 38.8 Å². The third-order valence-corrected chi connectivity index (χ3v) is 6.50. The van der Waals surface area contributed by atoms with Gasteiger partial charge in [0.2, 0.25) is 11.9 Å². The van der Waals surface area contributed by atoms with E-state index in [1.54, 1.807) is 29.8 Å². The molecule has 2 aromatic carbocycles. The molecule has 37 heavy (non-hydrogen) atoms. The number of nitrogens with two attached hydrogens (primary N) is 1. The summed E-state index contributed by atoms with van der Waals surface area (Å²) in [5.74, 6) is -0.819. The molecule has 0 radical (unpaired) electrons. The number of carbonyl (C=O) groups is 2. The van der Waals surface area contributed by atoms with Gasteiger partial charge in [0.15, 0.2) is 5.13 Å². The molecule has 3 N–H and O–H groups in total. The van der Waals surface area contributed by atoms with Crippen LogP contribution in [0.15, 0.2) is 36.4 Å². The number of thiazole rings is 1. The Morgan fingerprint density at radius 2 is 1.86 bits per heavy atom. The average molecular weight is 536 g/mol. The largest absolute Gasteiger partial charge is 0.573 e. The number of ether oxygens (including phenoxy) is 2. The van der Waals surface area contributed by atoms with Crippen molar-refractivity contribution in [1.82, 2.24) is 14.5 Å². The van der Waals surface area contributed by atoms with Crippen molar-refractivity contribution in [1.29, 1.82) is 0 Å². The number of nitrogens with one attached hydrogen (secondary N) is 1. The Balaban J connectivity index is 1.49. The second kappa shape index (κ2) is 9.88. The molecule has 0 atom stereocenters. The summed E-state index contributed by atoms with van der Waals surface area (Å²) in [6.45, 7) is 3.89. The molecule has 0 spiro atoms. The van der Waals surface area contributed by atoms with Gasteiger partial charge in [0.1, 0.15) is 5.75 Å². The minimum atomic E-state index is -4.78. The molecule has 0 unspecified atom stereocenters. The number of fused-ring (bicyclic) bond motifs is 2. The van der Waals surface area contributed by atoms with E-state index in [4.69, 9.17) is 10.5 Å². The normalized spacial score (nSPS) is 12.2. The van der Waals surface area contributed by atoms with Gasteiger partial charge in [0.05, 0.1) is 33.4 Å². The van der Waals surface area contributed by atoms with Crippen molar-refractivity contribution in [2.24, 2.45) is 18.2 Å². The zero-order valence-corrected chi connectivity index (χ0v) is 21.0. The van der Waals surface area contributed by atoms with Crippen LogP contribution in [-0.2, 0) is 16.6 Å². The predicted octanol–water partition coefficient (Wildman–Crippen LogP) is 5.27. The topological polar surface area (TPSA) is 121 Å². The molecule has 0 saturated heterocycles. The zero-order chi connectivity index (χ0) is 27.0. The van der Waals surface area contributed by atoms with Gasteiger partial charge in [-0.25, -0.2) is 14.8 Å². The molecule has 9 nitrogen and oxygen atoms in total. The molecule has 0 aliphatic rings. The summed E-state index contributed by atoms with van der Waals surface area (Å²) in [5, 5.41) is 3.50. The Kier molecular flexibility index (Phi) is 7.00. The SMILES string of the molecule is Cn1c(Nc2nc3ccc(OC(F)(F)F)cc3s2)nc2cc(C(=O)OCC(C)(C)CCC(N)=O)ccc21. The first-order valence-corrected chi connectivity index (χ1v) is 12.0. The van der Waals surface area contributed by atoms with E-state index >= 15 is 0 Å². The van der Waals surface area contributed by atoms with Crippen LogP contribution in [0.3, 0.4) is 0 Å². The summed E-state index contributed by atoms with van der Waals surface area (Å²) >= 11 is 1.15. The summed E-state index contributed by atoms with van der Waals surface area (Å²) in [4.78, 5) is 32.6. The number of halogens is 3. The Bertz CT molecular complexity index is 1480. The quantitative estimate of drug-likeness (QED) is 0.280. The molecular weight excluding hydrogens is 511 g/mol. The fourth-order valence-corrected chi connectivity index (χ4v) is 4.46. The lowest BCUT2D eigenvalue weighted by atomic mass is 9.89. The Morgan fingerprint density at radius 3 is 2.57 bits per heavy atom. The first-order chi connectivity index (χ1) is 17.3. The molecule has 4 aromatic rings. The van der Waals surface area contributed by atoms with Crippen LogP contribution in [0, 0.1) is 5.41 Å². The van der Waals surface area contributed by atoms with Gasteiger partial charge in [0, 0.05) is 19.5 Å². The molecule has 13 heteroatoms. The minimum Gasteiger partial charge on any atom is -0.462 e. The summed E-state index contributed by atoms with van der Waals surface area (Å²) < 4.78 is 49.2. The van der Waals surface area contributed by atoms with E-state index in [0.717, 1.165) is 16.9 Å². The second-order valence-corrected chi connectivity index (χ2v) is 10.3. The van der Waals surface area contributed by atoms with Crippen LogP contribution in [0.5, 0.6) is 5.75 Å². The number of benzene rings is 2. The van der Waals surface area contributed by atoms with Crippen molar-refractivity contribution in [2.45, 2.75) is 33.1 Å². The number of carbonyl (C=O) groups excluding carboxylic acids is 2. The van der Waals surface area contributed by atoms with Crippen LogP contribution in [-0.4, -0.2) is 39.4 Å². The van der Waals surface area contributed by atoms with Crippen LogP contribution < -0.4 is 15.8 Å². The average Bonchev–Trinajstić information content (AvgIpc) is 3.34. The maximum absolute atomic E-state index is 12.6. The number of nitrogens with zero attached hydrogens (tertiary/aromatic N) is 3. The lowest BCUT2D eigenvalue weighted by Gasteiger charge is -2.23. The highest BCUT2D eigenvalue weighted by Crippen LogP contribution is 2.33. The lowest BCUT2D eigenvalue weighted by molar-refractivity contribution is -0.274. The summed E-state index contributed by atoms with van der Waals surface area (Å²) in [6.07, 6.45) is -4.08. The number of hydrogen-bond donors (Lipinski definition) is 2. The Hall–Kier alpha value is -3.87. The number of rotatable bonds is 9. The van der Waals surface area contributed by atoms with Gasteiger partial charge < -0.3 is 25.1 Å². The van der Waals surface area contributed by atoms with Gasteiger partial charge in [-0.05, 0) is 42.2 Å². The maximum Gasteiger partial charge on any atom is 0.573 e. The summed E-state index contributed by atoms with van der Waals surface area (Å²) in [5.41, 5.74) is 6.89. The highest BCUT2D eigenvalue weighted by molar-refractivity contribution is 7.22. The fourth-order valence-electron chi connectivity index (χ4n) is 3.57. The maximum atomic E-state index is 12.6. The smallest absolute Gasteiger partial charge is 0.462 e. The number of primary amides is 1. The number of esters is 1. The third kappa shape index (κ3) is 6.47. The van der Waals surface area contributed by atoms with Gasteiger partial charge >= 0.3 is 12.3 Å². The van der Waals surface area contributed by atoms with Crippen molar-refractivity contribution < 1.29 is 32.2 Å². The van der Waals surface area contributed by atoms with Crippen molar-refractivity contribution in [3.63, 3.8) is 0 Å². The van der Waals surface area contributed by atoms with E-state index < -0.39 is 23.7 Å². The Morgan fingerprint density at radius 1 is 1.11 bits per heavy atom. The monoisotopic (exact) mass is 535 g/mol. The number of alkyl halides is 3. The standard InChI is InChI=1S/C24H24F3N5O4S/c1-23(2,9-8-19(28)33)12-35-20(34)13-4-7-17-16(10-13)29-21(32(17)3)31-22-30-15-6-5-14(11-18(15)37-22)36-24(25,26)27/h4-7,10-11H,8-9,12H2,1-3H3,(H2,28,33)(H,29,30,31). The fraction of sp³-hybridized carbons (Fsp3) is 0.333. The van der Waals surface area contributed by atoms with E-state index in [9.17, 15) is 22.8 Å². The van der Waals surface area contributed by atoms with Gasteiger partial charge in [-0.15, -0.1) is 13.2 Å². The molecule has 0 saturated carbocycles. The molecule has 0 aliphatic heterocycles. The van der Waals surface area contributed by atoms with E-state index in [1.165, 1.54) is 18.2 Å². The highest BCUT2D eigenvalue weighted by Gasteiger charge is 2.31. The lowest BCUT2D eigenvalue weighted by Crippen LogP contribution is -2.24. The minimum absolute atomic E-state index is 0.125. The molecule has 4 rings (SSSR count). The molecule has 0 fully saturated rings. The van der Waals surface area contributed by atoms with Gasteiger partial charge in [-0.1, -0.05) is 25.2 Å². The second-order valence-electron chi connectivity index (χ2n) is 9.23. The molecule has 0 aliphatic carbocycles. The van der Waals surface area contributed by atoms with Crippen molar-refractivity contribution in [3.8, 4) is 5.75 Å². The first-order valence-electron chi connectivity index (χ1n) is 11.1. The highest BCUT2D eigenvalue weighted by atomic mass is 32.1. The molecule has 2 aromatic heterocycles. The molecule has 1 amide bonds. The van der Waals surface area contributed by atoms with Crippen molar-refractivity contribution in [3.05, 3.63) is 42.0 Å². The van der Waals surface area contributed by atoms with Crippen molar-refractivity contribution >= 4 is 55.5 Å². The van der Waals surface area contributed by atoms with Gasteiger partial charge in [-0.2, -0.15) is 0 Å². The van der Waals surface area contributed by atoms with E-state index in [-0.39, 0.29) is 18.8 Å². The predicted molar refractivity (Wildman–Crippen MR) is 133 cm³/mol. The van der Waals surface area contributed by atoms with Crippen LogP contribution in [0.25, 0.3) is 21.3 Å². The number of hydrogen-bond acceptors (Lipinski definition) is 8. The van der Waals surface area contributed by atoms with E-state index in [2.05, 4.69) is 20.0 Å².